The molecule has 3 aromatic rings. The van der Waals surface area contributed by atoms with Crippen molar-refractivity contribution in [2.45, 2.75) is 6.92 Å². The molecule has 0 saturated heterocycles. The number of nitrogens with zero attached hydrogens (tertiary/aromatic N) is 7. The first-order chi connectivity index (χ1) is 13.0. The number of aryl methyl sites for hydroxylation is 1. The van der Waals surface area contributed by atoms with Gasteiger partial charge in [0.15, 0.2) is 0 Å². The molecule has 0 aliphatic carbocycles. The number of benzene rings is 1. The Bertz CT molecular complexity index is 968. The van der Waals surface area contributed by atoms with Crippen LogP contribution in [0, 0.1) is 18.3 Å². The van der Waals surface area contributed by atoms with Crippen molar-refractivity contribution >= 4 is 28.7 Å². The number of nitriles is 1. The van der Waals surface area contributed by atoms with Crippen molar-refractivity contribution < 1.29 is 0 Å². The lowest BCUT2D eigenvalue weighted by Crippen LogP contribution is -2.12. The van der Waals surface area contributed by atoms with Gasteiger partial charge in [-0.3, -0.25) is 0 Å². The Kier molecular flexibility index (Phi) is 5.22. The van der Waals surface area contributed by atoms with Gasteiger partial charge in [0.1, 0.15) is 17.5 Å². The molecule has 0 aliphatic rings. The van der Waals surface area contributed by atoms with E-state index in [9.17, 15) is 0 Å². The van der Waals surface area contributed by atoms with Gasteiger partial charge in [0, 0.05) is 43.4 Å². The first-order valence-corrected chi connectivity index (χ1v) is 8.06. The van der Waals surface area contributed by atoms with E-state index < -0.39 is 0 Å². The lowest BCUT2D eigenvalue weighted by Gasteiger charge is -2.14. The molecular weight excluding hydrogens is 344 g/mol. The zero-order valence-corrected chi connectivity index (χ0v) is 15.1. The van der Waals surface area contributed by atoms with Gasteiger partial charge in [-0.2, -0.15) is 15.5 Å². The third-order valence-electron chi connectivity index (χ3n) is 3.53. The van der Waals surface area contributed by atoms with E-state index in [1.807, 2.05) is 62.3 Å². The van der Waals surface area contributed by atoms with Crippen molar-refractivity contribution in [1.82, 2.24) is 30.6 Å². The van der Waals surface area contributed by atoms with E-state index in [1.165, 1.54) is 6.20 Å². The standard InChI is InChI=1S/C17H18N10/c1-11-8-15(27(2)3)22-17(20-11)21-14-6-4-13(5-7-14)19-10-12(9-18)16-23-25-26-24-16/h4-8,10,19H,1-3H3,(H,20,21,22)(H,23,24,25,26). The number of nitrogens with one attached hydrogen (secondary N) is 3. The molecule has 10 heteroatoms. The molecule has 0 unspecified atom stereocenters. The molecule has 3 N–H and O–H groups in total. The van der Waals surface area contributed by atoms with E-state index in [2.05, 4.69) is 41.2 Å². The molecule has 0 saturated carbocycles. The number of anilines is 4. The summed E-state index contributed by atoms with van der Waals surface area (Å²) in [6.07, 6.45) is 1.53. The molecule has 0 aliphatic heterocycles. The molecule has 0 atom stereocenters. The lowest BCUT2D eigenvalue weighted by atomic mass is 10.2. The van der Waals surface area contributed by atoms with Crippen molar-refractivity contribution in [1.29, 1.82) is 5.26 Å². The zero-order valence-electron chi connectivity index (χ0n) is 15.1. The molecule has 0 fully saturated rings. The summed E-state index contributed by atoms with van der Waals surface area (Å²) in [5.41, 5.74) is 2.80. The quantitative estimate of drug-likeness (QED) is 0.564. The summed E-state index contributed by atoms with van der Waals surface area (Å²) >= 11 is 0. The normalized spacial score (nSPS) is 11.0. The van der Waals surface area contributed by atoms with Gasteiger partial charge in [-0.15, -0.1) is 10.2 Å². The Morgan fingerprint density at radius 2 is 1.93 bits per heavy atom. The second-order valence-corrected chi connectivity index (χ2v) is 5.84. The van der Waals surface area contributed by atoms with Crippen LogP contribution in [0.4, 0.5) is 23.1 Å². The molecule has 2 heterocycles. The van der Waals surface area contributed by atoms with Gasteiger partial charge < -0.3 is 15.5 Å². The monoisotopic (exact) mass is 362 g/mol. The summed E-state index contributed by atoms with van der Waals surface area (Å²) < 4.78 is 0. The van der Waals surface area contributed by atoms with Crippen LogP contribution < -0.4 is 15.5 Å². The van der Waals surface area contributed by atoms with Crippen molar-refractivity contribution in [3.8, 4) is 6.07 Å². The molecule has 0 spiro atoms. The third-order valence-corrected chi connectivity index (χ3v) is 3.53. The van der Waals surface area contributed by atoms with E-state index in [0.29, 0.717) is 5.95 Å². The van der Waals surface area contributed by atoms with Crippen LogP contribution in [0.25, 0.3) is 5.57 Å². The van der Waals surface area contributed by atoms with Gasteiger partial charge >= 0.3 is 0 Å². The molecule has 10 nitrogen and oxygen atoms in total. The Hall–Kier alpha value is -4.00. The van der Waals surface area contributed by atoms with E-state index in [1.54, 1.807) is 0 Å². The van der Waals surface area contributed by atoms with E-state index in [0.717, 1.165) is 22.9 Å². The molecule has 136 valence electrons. The molecular formula is C17H18N10. The van der Waals surface area contributed by atoms with Crippen LogP contribution in [-0.4, -0.2) is 44.7 Å². The average molecular weight is 362 g/mol. The van der Waals surface area contributed by atoms with Crippen molar-refractivity contribution in [3.63, 3.8) is 0 Å². The second-order valence-electron chi connectivity index (χ2n) is 5.84. The van der Waals surface area contributed by atoms with Crippen LogP contribution in [0.5, 0.6) is 0 Å². The fraction of sp³-hybridized carbons (Fsp3) is 0.176. The lowest BCUT2D eigenvalue weighted by molar-refractivity contribution is 0.881. The summed E-state index contributed by atoms with van der Waals surface area (Å²) in [7, 11) is 3.87. The number of aromatic nitrogens is 6. The van der Waals surface area contributed by atoms with Gasteiger partial charge in [-0.25, -0.2) is 4.98 Å². The minimum absolute atomic E-state index is 0.233. The molecule has 0 bridgehead atoms. The first kappa shape index (κ1) is 17.8. The second kappa shape index (κ2) is 7.92. The van der Waals surface area contributed by atoms with Crippen LogP contribution in [0.1, 0.15) is 11.5 Å². The molecule has 27 heavy (non-hydrogen) atoms. The van der Waals surface area contributed by atoms with Gasteiger partial charge in [-0.1, -0.05) is 0 Å². The Labute approximate surface area is 156 Å². The molecule has 2 aromatic heterocycles. The van der Waals surface area contributed by atoms with E-state index in [4.69, 9.17) is 5.26 Å². The number of rotatable bonds is 6. The SMILES string of the molecule is Cc1cc(N(C)C)nc(Nc2ccc(NC=C(C#N)c3nn[nH]n3)cc2)n1. The van der Waals surface area contributed by atoms with E-state index >= 15 is 0 Å². The van der Waals surface area contributed by atoms with Gasteiger partial charge in [0.05, 0.1) is 0 Å². The maximum Gasteiger partial charge on any atom is 0.229 e. The fourth-order valence-electron chi connectivity index (χ4n) is 2.19. The van der Waals surface area contributed by atoms with Crippen LogP contribution in [-0.2, 0) is 0 Å². The number of allylic oxidation sites excluding steroid dienone is 1. The first-order valence-electron chi connectivity index (χ1n) is 8.06. The Balaban J connectivity index is 1.70. The molecule has 0 radical (unpaired) electrons. The Morgan fingerprint density at radius 1 is 1.19 bits per heavy atom. The summed E-state index contributed by atoms with van der Waals surface area (Å²) in [6.45, 7) is 1.93. The number of aromatic amines is 1. The van der Waals surface area contributed by atoms with Gasteiger partial charge in [-0.05, 0) is 36.4 Å². The zero-order chi connectivity index (χ0) is 19.2. The van der Waals surface area contributed by atoms with E-state index in [-0.39, 0.29) is 11.4 Å². The predicted octanol–water partition coefficient (Wildman–Crippen LogP) is 2.08. The van der Waals surface area contributed by atoms with Crippen molar-refractivity contribution in [2.24, 2.45) is 0 Å². The maximum absolute atomic E-state index is 9.16. The summed E-state index contributed by atoms with van der Waals surface area (Å²) in [5, 5.41) is 28.7. The van der Waals surface area contributed by atoms with Crippen LogP contribution in [0.3, 0.4) is 0 Å². The number of tetrazole rings is 1. The fourth-order valence-corrected chi connectivity index (χ4v) is 2.19. The molecule has 0 amide bonds. The summed E-state index contributed by atoms with van der Waals surface area (Å²) in [4.78, 5) is 10.8. The summed E-state index contributed by atoms with van der Waals surface area (Å²) in [6, 6.07) is 11.4. The highest BCUT2D eigenvalue weighted by atomic mass is 15.5. The number of hydrogen-bond donors (Lipinski definition) is 3. The topological polar surface area (TPSA) is 131 Å². The highest BCUT2D eigenvalue weighted by Gasteiger charge is 2.06. The number of H-pyrrole nitrogens is 1. The minimum Gasteiger partial charge on any atom is -0.363 e. The van der Waals surface area contributed by atoms with Crippen LogP contribution >= 0.6 is 0 Å². The largest absolute Gasteiger partial charge is 0.363 e. The Morgan fingerprint density at radius 3 is 2.56 bits per heavy atom. The van der Waals surface area contributed by atoms with Gasteiger partial charge in [0.25, 0.3) is 0 Å². The highest BCUT2D eigenvalue weighted by Crippen LogP contribution is 2.19. The minimum atomic E-state index is 0.233. The van der Waals surface area contributed by atoms with Gasteiger partial charge in [0.2, 0.25) is 11.8 Å². The summed E-state index contributed by atoms with van der Waals surface area (Å²) in [5.74, 6) is 1.60. The molecule has 1 aromatic carbocycles. The van der Waals surface area contributed by atoms with Crippen molar-refractivity contribution in [3.05, 3.63) is 48.1 Å². The van der Waals surface area contributed by atoms with Crippen LogP contribution in [0.2, 0.25) is 0 Å². The number of hydrogen-bond acceptors (Lipinski definition) is 9. The highest BCUT2D eigenvalue weighted by molar-refractivity contribution is 5.74. The maximum atomic E-state index is 9.16. The smallest absolute Gasteiger partial charge is 0.229 e. The van der Waals surface area contributed by atoms with Crippen LogP contribution in [0.15, 0.2) is 36.5 Å². The molecule has 3 rings (SSSR count). The van der Waals surface area contributed by atoms with Crippen molar-refractivity contribution in [2.75, 3.05) is 29.6 Å². The third kappa shape index (κ3) is 4.55. The predicted molar refractivity (Wildman–Crippen MR) is 102 cm³/mol. The average Bonchev–Trinajstić information content (AvgIpc) is 3.17.